The molecule has 0 saturated heterocycles. The minimum atomic E-state index is -5.07. The Balaban J connectivity index is 1.93. The number of aliphatic hydroxyl groups excluding tert-OH is 1. The zero-order chi connectivity index (χ0) is 29.8. The van der Waals surface area contributed by atoms with Crippen LogP contribution < -0.4 is 16.7 Å². The molecule has 1 heterocycles. The first-order chi connectivity index (χ1) is 18.6. The van der Waals surface area contributed by atoms with E-state index in [1.807, 2.05) is 0 Å². The number of nitrogens with two attached hydrogens (primary N) is 1. The number of nitrogens with zero attached hydrogens (tertiary/aromatic N) is 3. The van der Waals surface area contributed by atoms with E-state index < -0.39 is 67.4 Å². The average molecular weight is 596 g/mol. The van der Waals surface area contributed by atoms with Gasteiger partial charge in [0, 0.05) is 10.6 Å². The Morgan fingerprint density at radius 1 is 1.10 bits per heavy atom. The first-order valence-corrected chi connectivity index (χ1v) is 11.5. The lowest BCUT2D eigenvalue weighted by atomic mass is 10.0. The van der Waals surface area contributed by atoms with Gasteiger partial charge in [-0.2, -0.15) is 26.3 Å². The van der Waals surface area contributed by atoms with Crippen LogP contribution in [0.25, 0.3) is 11.4 Å². The van der Waals surface area contributed by atoms with Crippen LogP contribution in [-0.4, -0.2) is 50.3 Å². The number of nitrogens with one attached hydrogen (secondary N) is 1. The number of aromatic nitrogens is 3. The molecule has 0 unspecified atom stereocenters. The first-order valence-electron chi connectivity index (χ1n) is 11.1. The fourth-order valence-corrected chi connectivity index (χ4v) is 3.62. The summed E-state index contributed by atoms with van der Waals surface area (Å²) in [6.45, 7) is -2.83. The molecular formula is C23H20ClF6N5O5. The van der Waals surface area contributed by atoms with Gasteiger partial charge in [0.1, 0.15) is 13.2 Å². The largest absolute Gasteiger partial charge is 0.447 e. The molecule has 3 rings (SSSR count). The number of hydrogen-bond donors (Lipinski definition) is 3. The highest BCUT2D eigenvalue weighted by molar-refractivity contribution is 6.30. The minimum Gasteiger partial charge on any atom is -0.447 e. The fraction of sp³-hybridized carbons (Fsp3) is 0.304. The second-order valence-electron chi connectivity index (χ2n) is 8.31. The van der Waals surface area contributed by atoms with E-state index in [9.17, 15) is 45.8 Å². The number of hydrogen-bond acceptors (Lipinski definition) is 6. The van der Waals surface area contributed by atoms with Gasteiger partial charge >= 0.3 is 24.1 Å². The molecule has 0 radical (unpaired) electrons. The van der Waals surface area contributed by atoms with Gasteiger partial charge in [0.15, 0.2) is 11.9 Å². The van der Waals surface area contributed by atoms with Crippen molar-refractivity contribution in [2.45, 2.75) is 37.6 Å². The average Bonchev–Trinajstić information content (AvgIpc) is 3.15. The Morgan fingerprint density at radius 2 is 1.75 bits per heavy atom. The van der Waals surface area contributed by atoms with Crippen molar-refractivity contribution < 1.29 is 45.8 Å². The lowest BCUT2D eigenvalue weighted by molar-refractivity contribution is -0.207. The normalized spacial score (nSPS) is 13.5. The van der Waals surface area contributed by atoms with Gasteiger partial charge in [-0.25, -0.2) is 14.3 Å². The Hall–Kier alpha value is -4.05. The number of primary amides is 1. The van der Waals surface area contributed by atoms with Gasteiger partial charge in [-0.3, -0.25) is 9.36 Å². The molecule has 3 aromatic rings. The summed E-state index contributed by atoms with van der Waals surface area (Å²) >= 11 is 5.83. The molecule has 4 N–H and O–H groups in total. The molecule has 0 bridgehead atoms. The zero-order valence-electron chi connectivity index (χ0n) is 20.0. The third-order valence-electron chi connectivity index (χ3n) is 5.40. The summed E-state index contributed by atoms with van der Waals surface area (Å²) in [7, 11) is 0. The van der Waals surface area contributed by atoms with E-state index in [2.05, 4.69) is 15.2 Å². The zero-order valence-corrected chi connectivity index (χ0v) is 20.8. The highest BCUT2D eigenvalue weighted by atomic mass is 35.5. The number of carbonyl (C=O) groups excluding carboxylic acids is 2. The quantitative estimate of drug-likeness (QED) is 0.324. The van der Waals surface area contributed by atoms with Crippen LogP contribution in [0, 0.1) is 0 Å². The molecule has 0 aliphatic rings. The van der Waals surface area contributed by atoms with Crippen LogP contribution in [0.15, 0.2) is 53.3 Å². The summed E-state index contributed by atoms with van der Waals surface area (Å²) in [6, 6.07) is 7.81. The molecule has 10 nitrogen and oxygen atoms in total. The van der Waals surface area contributed by atoms with Crippen LogP contribution in [-0.2, 0) is 28.8 Å². The van der Waals surface area contributed by atoms with E-state index in [1.54, 1.807) is 0 Å². The summed E-state index contributed by atoms with van der Waals surface area (Å²) in [4.78, 5) is 36.8. The number of alkyl halides is 6. The van der Waals surface area contributed by atoms with E-state index in [0.717, 1.165) is 12.1 Å². The van der Waals surface area contributed by atoms with Crippen molar-refractivity contribution in [2.24, 2.45) is 5.73 Å². The number of carbonyl (C=O) groups is 2. The number of halogens is 7. The maximum atomic E-state index is 13.2. The van der Waals surface area contributed by atoms with E-state index in [-0.39, 0.29) is 22.0 Å². The fourth-order valence-electron chi connectivity index (χ4n) is 3.49. The Kier molecular flexibility index (Phi) is 9.14. The molecule has 0 aliphatic carbocycles. The first kappa shape index (κ1) is 30.5. The Bertz CT molecular complexity index is 1420. The molecule has 0 fully saturated rings. The van der Waals surface area contributed by atoms with Gasteiger partial charge in [-0.1, -0.05) is 23.7 Å². The maximum absolute atomic E-state index is 13.2. The van der Waals surface area contributed by atoms with E-state index >= 15 is 0 Å². The van der Waals surface area contributed by atoms with Crippen molar-refractivity contribution in [1.29, 1.82) is 0 Å². The monoisotopic (exact) mass is 595 g/mol. The highest BCUT2D eigenvalue weighted by Crippen LogP contribution is 2.31. The summed E-state index contributed by atoms with van der Waals surface area (Å²) in [5.74, 6) is -1.36. The van der Waals surface area contributed by atoms with Gasteiger partial charge in [-0.05, 0) is 42.0 Å². The SMILES string of the molecule is NC(=O)OC[C@H](NC(=O)Cn1nc(-c2ccc(Cl)cc2)n(C[C@H](O)C(F)(F)F)c1=O)c1cccc(C(F)(F)F)c1. The van der Waals surface area contributed by atoms with Crippen LogP contribution >= 0.6 is 11.6 Å². The van der Waals surface area contributed by atoms with Crippen molar-refractivity contribution in [2.75, 3.05) is 6.61 Å². The molecule has 216 valence electrons. The molecule has 17 heteroatoms. The molecule has 2 aromatic carbocycles. The maximum Gasteiger partial charge on any atom is 0.416 e. The summed E-state index contributed by atoms with van der Waals surface area (Å²) in [5, 5.41) is 16.0. The second kappa shape index (κ2) is 12.0. The van der Waals surface area contributed by atoms with E-state index in [1.165, 1.54) is 30.3 Å². The predicted octanol–water partition coefficient (Wildman–Crippen LogP) is 3.26. The molecule has 40 heavy (non-hydrogen) atoms. The molecule has 2 amide bonds. The number of rotatable bonds is 9. The molecule has 2 atom stereocenters. The smallest absolute Gasteiger partial charge is 0.416 e. The molecule has 0 aliphatic heterocycles. The van der Waals surface area contributed by atoms with Crippen molar-refractivity contribution >= 4 is 23.6 Å². The van der Waals surface area contributed by atoms with E-state index in [4.69, 9.17) is 17.3 Å². The van der Waals surface area contributed by atoms with Crippen LogP contribution in [0.2, 0.25) is 5.02 Å². The second-order valence-corrected chi connectivity index (χ2v) is 8.75. The minimum absolute atomic E-state index is 0.127. The summed E-state index contributed by atoms with van der Waals surface area (Å²) < 4.78 is 84.2. The van der Waals surface area contributed by atoms with Crippen LogP contribution in [0.3, 0.4) is 0 Å². The van der Waals surface area contributed by atoms with Crippen LogP contribution in [0.1, 0.15) is 17.2 Å². The highest BCUT2D eigenvalue weighted by Gasteiger charge is 2.39. The van der Waals surface area contributed by atoms with Crippen molar-refractivity contribution in [3.8, 4) is 11.4 Å². The standard InChI is InChI=1S/C23H20ClF6N5O5/c24-15-6-4-12(5-7-15)19-33-35(21(39)34(19)9-17(36)23(28,29)30)10-18(37)32-16(11-40-20(31)38)13-2-1-3-14(8-13)22(25,26)27/h1-8,16-17,36H,9-11H2,(H2,31,38)(H,32,37)/t16-,17-/m0/s1. The lowest BCUT2D eigenvalue weighted by Gasteiger charge is -2.20. The van der Waals surface area contributed by atoms with E-state index in [0.29, 0.717) is 15.3 Å². The topological polar surface area (TPSA) is 141 Å². The van der Waals surface area contributed by atoms with Gasteiger partial charge < -0.3 is 20.9 Å². The number of amides is 2. The summed E-state index contributed by atoms with van der Waals surface area (Å²) in [5.41, 5.74) is 2.67. The van der Waals surface area contributed by atoms with Crippen LogP contribution in [0.5, 0.6) is 0 Å². The number of benzene rings is 2. The molecular weight excluding hydrogens is 576 g/mol. The summed E-state index contributed by atoms with van der Waals surface area (Å²) in [6.07, 6.45) is -14.0. The predicted molar refractivity (Wildman–Crippen MR) is 127 cm³/mol. The molecule has 0 spiro atoms. The van der Waals surface area contributed by atoms with Gasteiger partial charge in [0.25, 0.3) is 0 Å². The van der Waals surface area contributed by atoms with Crippen molar-refractivity contribution in [3.05, 3.63) is 75.2 Å². The third kappa shape index (κ3) is 7.75. The van der Waals surface area contributed by atoms with Gasteiger partial charge in [0.2, 0.25) is 5.91 Å². The Labute approximate surface area is 225 Å². The lowest BCUT2D eigenvalue weighted by Crippen LogP contribution is -2.39. The van der Waals surface area contributed by atoms with Crippen molar-refractivity contribution in [3.63, 3.8) is 0 Å². The number of ether oxygens (including phenoxy) is 1. The molecule has 1 aromatic heterocycles. The third-order valence-corrected chi connectivity index (χ3v) is 5.65. The van der Waals surface area contributed by atoms with Crippen LogP contribution in [0.4, 0.5) is 31.1 Å². The van der Waals surface area contributed by atoms with Gasteiger partial charge in [0.05, 0.1) is 18.2 Å². The molecule has 0 saturated carbocycles. The Morgan fingerprint density at radius 3 is 2.33 bits per heavy atom. The number of aliphatic hydroxyl groups is 1. The van der Waals surface area contributed by atoms with Gasteiger partial charge in [-0.15, -0.1) is 5.10 Å². The van der Waals surface area contributed by atoms with Crippen molar-refractivity contribution in [1.82, 2.24) is 19.7 Å².